The molecule has 10 heteroatoms. The summed E-state index contributed by atoms with van der Waals surface area (Å²) in [5.74, 6) is 3.52. The molecule has 1 aliphatic heterocycles. The molecule has 2 fully saturated rings. The predicted octanol–water partition coefficient (Wildman–Crippen LogP) is 5.25. The largest absolute Gasteiger partial charge is 0.488 e. The molecule has 1 aromatic heterocycles. The van der Waals surface area contributed by atoms with E-state index in [2.05, 4.69) is 64.1 Å². The maximum Gasteiger partial charge on any atom is 0.229 e. The number of ether oxygens (including phenoxy) is 1. The van der Waals surface area contributed by atoms with Crippen LogP contribution in [0.15, 0.2) is 30.2 Å². The van der Waals surface area contributed by atoms with Gasteiger partial charge in [-0.1, -0.05) is 25.4 Å². The van der Waals surface area contributed by atoms with Gasteiger partial charge in [0.05, 0.1) is 23.7 Å². The highest BCUT2D eigenvalue weighted by molar-refractivity contribution is 8.14. The third-order valence-corrected chi connectivity index (χ3v) is 7.36. The first kappa shape index (κ1) is 25.6. The van der Waals surface area contributed by atoms with Crippen LogP contribution >= 0.6 is 23.4 Å². The maximum atomic E-state index is 8.46. The maximum absolute atomic E-state index is 8.46. The van der Waals surface area contributed by atoms with Crippen LogP contribution < -0.4 is 26.0 Å². The van der Waals surface area contributed by atoms with E-state index >= 15 is 0 Å². The molecule has 1 aliphatic carbocycles. The Kier molecular flexibility index (Phi) is 8.41. The Balaban J connectivity index is 1.56. The Bertz CT molecular complexity index is 1100. The molecule has 8 nitrogen and oxygen atoms in total. The molecule has 35 heavy (non-hydrogen) atoms. The molecule has 4 rings (SSSR count). The third kappa shape index (κ3) is 6.80. The van der Waals surface area contributed by atoms with Gasteiger partial charge < -0.3 is 26.0 Å². The average molecular weight is 516 g/mol. The van der Waals surface area contributed by atoms with Crippen molar-refractivity contribution in [3.05, 3.63) is 46.4 Å². The molecule has 1 saturated carbocycles. The van der Waals surface area contributed by atoms with Crippen molar-refractivity contribution in [3.63, 3.8) is 0 Å². The number of anilines is 3. The summed E-state index contributed by atoms with van der Waals surface area (Å²) < 4.78 is 6.24. The van der Waals surface area contributed by atoms with Crippen LogP contribution in [0.25, 0.3) is 0 Å². The Morgan fingerprint density at radius 1 is 1.34 bits per heavy atom. The van der Waals surface area contributed by atoms with Gasteiger partial charge in [-0.3, -0.25) is 5.41 Å². The van der Waals surface area contributed by atoms with E-state index in [0.29, 0.717) is 39.4 Å². The van der Waals surface area contributed by atoms with E-state index in [0.717, 1.165) is 43.1 Å². The molecule has 1 saturated heterocycles. The van der Waals surface area contributed by atoms with Crippen LogP contribution in [-0.2, 0) is 0 Å². The number of hydrogen-bond acceptors (Lipinski definition) is 9. The zero-order valence-electron chi connectivity index (χ0n) is 20.7. The second kappa shape index (κ2) is 11.5. The van der Waals surface area contributed by atoms with Crippen LogP contribution in [0.2, 0.25) is 5.02 Å². The van der Waals surface area contributed by atoms with Crippen molar-refractivity contribution < 1.29 is 4.74 Å². The number of rotatable bonds is 11. The predicted molar refractivity (Wildman–Crippen MR) is 147 cm³/mol. The second-order valence-electron chi connectivity index (χ2n) is 9.40. The van der Waals surface area contributed by atoms with Crippen molar-refractivity contribution in [1.82, 2.24) is 20.6 Å². The SMILES string of the molecule is CN/C=C(/Nc1nc(Nc2cc(C)c(C3CNC3)cc2OC2CC2)ncc1Cl)C(=N)SCC(C)C. The lowest BCUT2D eigenvalue weighted by Gasteiger charge is -2.29. The van der Waals surface area contributed by atoms with Gasteiger partial charge in [0.2, 0.25) is 5.95 Å². The molecule has 2 heterocycles. The molecule has 188 valence electrons. The van der Waals surface area contributed by atoms with E-state index in [1.54, 1.807) is 19.4 Å². The highest BCUT2D eigenvalue weighted by atomic mass is 35.5. The van der Waals surface area contributed by atoms with Gasteiger partial charge in [0.15, 0.2) is 5.82 Å². The Morgan fingerprint density at radius 3 is 2.74 bits per heavy atom. The van der Waals surface area contributed by atoms with Gasteiger partial charge in [-0.2, -0.15) is 4.98 Å². The smallest absolute Gasteiger partial charge is 0.229 e. The van der Waals surface area contributed by atoms with Gasteiger partial charge in [0.1, 0.15) is 15.8 Å². The van der Waals surface area contributed by atoms with Gasteiger partial charge in [-0.15, -0.1) is 11.8 Å². The zero-order valence-corrected chi connectivity index (χ0v) is 22.2. The monoisotopic (exact) mass is 515 g/mol. The van der Waals surface area contributed by atoms with Crippen molar-refractivity contribution in [1.29, 1.82) is 5.41 Å². The summed E-state index contributed by atoms with van der Waals surface area (Å²) in [6, 6.07) is 4.28. The Morgan fingerprint density at radius 2 is 2.11 bits per heavy atom. The standard InChI is InChI=1S/C25H34ClN7OS/c1-14(2)13-35-23(27)21(12-28-4)31-24-19(26)11-30-25(33-24)32-20-7-15(3)18(16-9-29-10-16)8-22(20)34-17-5-6-17/h7-8,11-12,14,16-17,27-29H,5-6,9-10,13H2,1-4H3,(H2,30,31,32,33)/b21-12+,27-23?. The lowest BCUT2D eigenvalue weighted by atomic mass is 9.89. The van der Waals surface area contributed by atoms with E-state index in [1.165, 1.54) is 22.9 Å². The summed E-state index contributed by atoms with van der Waals surface area (Å²) >= 11 is 7.90. The minimum absolute atomic E-state index is 0.276. The number of thioether (sulfide) groups is 1. The van der Waals surface area contributed by atoms with Crippen LogP contribution in [0.5, 0.6) is 5.75 Å². The number of hydrogen-bond donors (Lipinski definition) is 5. The van der Waals surface area contributed by atoms with Crippen molar-refractivity contribution in [3.8, 4) is 5.75 Å². The van der Waals surface area contributed by atoms with Crippen molar-refractivity contribution in [2.45, 2.75) is 45.6 Å². The van der Waals surface area contributed by atoms with Gasteiger partial charge >= 0.3 is 0 Å². The second-order valence-corrected chi connectivity index (χ2v) is 10.8. The van der Waals surface area contributed by atoms with Crippen LogP contribution in [-0.4, -0.2) is 47.0 Å². The van der Waals surface area contributed by atoms with Crippen LogP contribution in [0.1, 0.15) is 43.7 Å². The molecule has 2 aromatic rings. The summed E-state index contributed by atoms with van der Waals surface area (Å²) in [6.45, 7) is 8.39. The van der Waals surface area contributed by atoms with E-state index < -0.39 is 0 Å². The topological polar surface area (TPSA) is 107 Å². The van der Waals surface area contributed by atoms with Gasteiger partial charge in [-0.05, 0) is 48.9 Å². The number of nitrogens with zero attached hydrogens (tertiary/aromatic N) is 2. The number of halogens is 1. The molecule has 0 spiro atoms. The van der Waals surface area contributed by atoms with E-state index in [1.807, 2.05) is 0 Å². The number of aryl methyl sites for hydroxylation is 1. The van der Waals surface area contributed by atoms with Crippen molar-refractivity contribution >= 4 is 45.9 Å². The van der Waals surface area contributed by atoms with Crippen LogP contribution in [0.4, 0.5) is 17.5 Å². The summed E-state index contributed by atoms with van der Waals surface area (Å²) in [6.07, 6.45) is 5.74. The van der Waals surface area contributed by atoms with Crippen LogP contribution in [0, 0.1) is 18.3 Å². The molecule has 5 N–H and O–H groups in total. The molecule has 0 amide bonds. The van der Waals surface area contributed by atoms with Gasteiger partial charge in [-0.25, -0.2) is 4.98 Å². The normalized spacial score (nSPS) is 16.1. The molecule has 2 aliphatic rings. The van der Waals surface area contributed by atoms with Gasteiger partial charge in [0.25, 0.3) is 0 Å². The van der Waals surface area contributed by atoms with E-state index in [-0.39, 0.29) is 6.10 Å². The quantitative estimate of drug-likeness (QED) is 0.204. The molecule has 1 aromatic carbocycles. The summed E-state index contributed by atoms with van der Waals surface area (Å²) in [5, 5.41) is 22.1. The van der Waals surface area contributed by atoms with Gasteiger partial charge in [0, 0.05) is 38.0 Å². The molecular formula is C25H34ClN7OS. The van der Waals surface area contributed by atoms with E-state index in [4.69, 9.17) is 21.7 Å². The fourth-order valence-corrected chi connectivity index (χ4v) is 4.51. The lowest BCUT2D eigenvalue weighted by molar-refractivity contribution is 0.303. The van der Waals surface area contributed by atoms with Crippen molar-refractivity contribution in [2.75, 3.05) is 36.5 Å². The fourth-order valence-electron chi connectivity index (χ4n) is 3.61. The molecule has 0 atom stereocenters. The van der Waals surface area contributed by atoms with E-state index in [9.17, 15) is 0 Å². The zero-order chi connectivity index (χ0) is 24.9. The summed E-state index contributed by atoms with van der Waals surface area (Å²) in [4.78, 5) is 9.00. The van der Waals surface area contributed by atoms with Crippen molar-refractivity contribution in [2.24, 2.45) is 5.92 Å². The lowest BCUT2D eigenvalue weighted by Crippen LogP contribution is -2.40. The third-order valence-electron chi connectivity index (χ3n) is 5.75. The first-order valence-electron chi connectivity index (χ1n) is 12.0. The Hall–Kier alpha value is -2.49. The molecular weight excluding hydrogens is 482 g/mol. The first-order valence-corrected chi connectivity index (χ1v) is 13.4. The fraction of sp³-hybridized carbons (Fsp3) is 0.480. The number of nitrogens with one attached hydrogen (secondary N) is 5. The molecule has 0 bridgehead atoms. The summed E-state index contributed by atoms with van der Waals surface area (Å²) in [7, 11) is 1.80. The Labute approximate surface area is 216 Å². The number of aromatic nitrogens is 2. The number of benzene rings is 1. The first-order chi connectivity index (χ1) is 16.8. The highest BCUT2D eigenvalue weighted by Gasteiger charge is 2.27. The summed E-state index contributed by atoms with van der Waals surface area (Å²) in [5.41, 5.74) is 3.97. The minimum Gasteiger partial charge on any atom is -0.488 e. The molecule has 0 radical (unpaired) electrons. The average Bonchev–Trinajstić information content (AvgIpc) is 3.59. The highest BCUT2D eigenvalue weighted by Crippen LogP contribution is 2.38. The van der Waals surface area contributed by atoms with Crippen LogP contribution in [0.3, 0.4) is 0 Å². The molecule has 0 unspecified atom stereocenters. The minimum atomic E-state index is 0.276.